The van der Waals surface area contributed by atoms with Crippen molar-refractivity contribution in [1.82, 2.24) is 5.32 Å². The highest BCUT2D eigenvalue weighted by molar-refractivity contribution is 8.00. The molecule has 0 bridgehead atoms. The monoisotopic (exact) mass is 306 g/mol. The standard InChI is InChI=1S/C17H26N2OS/c1-13-6-8-14(9-7-13)21-17(10-4-5-11-17)12-19-15(20)16(2,3)18/h6-9H,4-5,10-12,18H2,1-3H3,(H,19,20). The van der Waals surface area contributed by atoms with Gasteiger partial charge in [0.25, 0.3) is 0 Å². The van der Waals surface area contributed by atoms with Gasteiger partial charge >= 0.3 is 0 Å². The van der Waals surface area contributed by atoms with E-state index in [0.717, 1.165) is 12.8 Å². The number of rotatable bonds is 5. The highest BCUT2D eigenvalue weighted by Crippen LogP contribution is 2.44. The minimum Gasteiger partial charge on any atom is -0.353 e. The van der Waals surface area contributed by atoms with Crippen LogP contribution < -0.4 is 11.1 Å². The van der Waals surface area contributed by atoms with Gasteiger partial charge in [-0.2, -0.15) is 0 Å². The Morgan fingerprint density at radius 3 is 2.38 bits per heavy atom. The van der Waals surface area contributed by atoms with Crippen LogP contribution in [0.4, 0.5) is 0 Å². The van der Waals surface area contributed by atoms with Gasteiger partial charge in [-0.25, -0.2) is 0 Å². The maximum Gasteiger partial charge on any atom is 0.239 e. The van der Waals surface area contributed by atoms with E-state index >= 15 is 0 Å². The Morgan fingerprint density at radius 2 is 1.86 bits per heavy atom. The SMILES string of the molecule is Cc1ccc(SC2(CNC(=O)C(C)(C)N)CCCC2)cc1. The summed E-state index contributed by atoms with van der Waals surface area (Å²) in [5.41, 5.74) is 6.32. The largest absolute Gasteiger partial charge is 0.353 e. The molecule has 0 heterocycles. The second kappa shape index (κ2) is 6.41. The van der Waals surface area contributed by atoms with Crippen LogP contribution in [0.2, 0.25) is 0 Å². The van der Waals surface area contributed by atoms with Crippen molar-refractivity contribution in [3.8, 4) is 0 Å². The van der Waals surface area contributed by atoms with Crippen LogP contribution in [0.5, 0.6) is 0 Å². The molecule has 0 spiro atoms. The Balaban J connectivity index is 2.03. The summed E-state index contributed by atoms with van der Waals surface area (Å²) in [4.78, 5) is 13.3. The van der Waals surface area contributed by atoms with E-state index in [1.54, 1.807) is 13.8 Å². The zero-order chi connectivity index (χ0) is 15.5. The molecule has 4 heteroatoms. The van der Waals surface area contributed by atoms with Crippen LogP contribution in [-0.4, -0.2) is 22.7 Å². The summed E-state index contributed by atoms with van der Waals surface area (Å²) in [6.07, 6.45) is 4.77. The van der Waals surface area contributed by atoms with Gasteiger partial charge in [-0.15, -0.1) is 11.8 Å². The van der Waals surface area contributed by atoms with Crippen molar-refractivity contribution in [2.75, 3.05) is 6.54 Å². The number of benzene rings is 1. The van der Waals surface area contributed by atoms with Gasteiger partial charge in [0.2, 0.25) is 5.91 Å². The van der Waals surface area contributed by atoms with Gasteiger partial charge in [0.1, 0.15) is 0 Å². The highest BCUT2D eigenvalue weighted by Gasteiger charge is 2.36. The van der Waals surface area contributed by atoms with E-state index < -0.39 is 5.54 Å². The van der Waals surface area contributed by atoms with E-state index in [1.807, 2.05) is 11.8 Å². The molecule has 116 valence electrons. The third-order valence-electron chi connectivity index (χ3n) is 4.03. The average Bonchev–Trinajstić information content (AvgIpc) is 2.87. The van der Waals surface area contributed by atoms with Gasteiger partial charge in [-0.1, -0.05) is 30.5 Å². The number of nitrogens with one attached hydrogen (secondary N) is 1. The van der Waals surface area contributed by atoms with Crippen LogP contribution in [0.1, 0.15) is 45.1 Å². The second-order valence-electron chi connectivity index (χ2n) is 6.71. The van der Waals surface area contributed by atoms with Crippen molar-refractivity contribution in [2.45, 2.75) is 61.6 Å². The van der Waals surface area contributed by atoms with Gasteiger partial charge in [0, 0.05) is 16.2 Å². The summed E-state index contributed by atoms with van der Waals surface area (Å²) in [5, 5.41) is 3.05. The molecule has 0 saturated heterocycles. The molecular weight excluding hydrogens is 280 g/mol. The Morgan fingerprint density at radius 1 is 1.29 bits per heavy atom. The quantitative estimate of drug-likeness (QED) is 0.878. The fourth-order valence-electron chi connectivity index (χ4n) is 2.66. The molecule has 2 rings (SSSR count). The fraction of sp³-hybridized carbons (Fsp3) is 0.588. The Bertz CT molecular complexity index is 485. The molecule has 3 nitrogen and oxygen atoms in total. The fourth-order valence-corrected chi connectivity index (χ4v) is 4.07. The number of carbonyl (C=O) groups is 1. The summed E-state index contributed by atoms with van der Waals surface area (Å²) in [7, 11) is 0. The van der Waals surface area contributed by atoms with E-state index in [2.05, 4.69) is 36.5 Å². The van der Waals surface area contributed by atoms with Crippen molar-refractivity contribution >= 4 is 17.7 Å². The van der Waals surface area contributed by atoms with Crippen LogP contribution in [0, 0.1) is 6.92 Å². The third kappa shape index (κ3) is 4.48. The third-order valence-corrected chi connectivity index (χ3v) is 5.52. The summed E-state index contributed by atoms with van der Waals surface area (Å²) in [6, 6.07) is 8.64. The molecular formula is C17H26N2OS. The number of hydrogen-bond donors (Lipinski definition) is 2. The number of thioether (sulfide) groups is 1. The minimum absolute atomic E-state index is 0.0710. The van der Waals surface area contributed by atoms with E-state index in [0.29, 0.717) is 6.54 Å². The Labute approximate surface area is 132 Å². The smallest absolute Gasteiger partial charge is 0.239 e. The first-order valence-electron chi connectivity index (χ1n) is 7.64. The Kier molecular flexibility index (Phi) is 4.99. The molecule has 0 atom stereocenters. The first-order valence-corrected chi connectivity index (χ1v) is 8.45. The van der Waals surface area contributed by atoms with Crippen molar-refractivity contribution in [3.05, 3.63) is 29.8 Å². The first kappa shape index (κ1) is 16.4. The van der Waals surface area contributed by atoms with Crippen LogP contribution in [0.3, 0.4) is 0 Å². The predicted octanol–water partition coefficient (Wildman–Crippen LogP) is 3.25. The van der Waals surface area contributed by atoms with Crippen LogP contribution in [-0.2, 0) is 4.79 Å². The van der Waals surface area contributed by atoms with Gasteiger partial charge in [0.15, 0.2) is 0 Å². The number of nitrogens with two attached hydrogens (primary N) is 1. The minimum atomic E-state index is -0.811. The highest BCUT2D eigenvalue weighted by atomic mass is 32.2. The number of carbonyl (C=O) groups excluding carboxylic acids is 1. The first-order chi connectivity index (χ1) is 9.81. The molecule has 1 fully saturated rings. The number of aryl methyl sites for hydroxylation is 1. The lowest BCUT2D eigenvalue weighted by Crippen LogP contribution is -2.52. The van der Waals surface area contributed by atoms with Crippen molar-refractivity contribution in [1.29, 1.82) is 0 Å². The topological polar surface area (TPSA) is 55.1 Å². The van der Waals surface area contributed by atoms with E-state index in [-0.39, 0.29) is 10.7 Å². The van der Waals surface area contributed by atoms with Gasteiger partial charge in [-0.3, -0.25) is 4.79 Å². The van der Waals surface area contributed by atoms with Crippen molar-refractivity contribution in [3.63, 3.8) is 0 Å². The molecule has 0 radical (unpaired) electrons. The van der Waals surface area contributed by atoms with E-state index in [1.165, 1.54) is 23.3 Å². The van der Waals surface area contributed by atoms with Gasteiger partial charge in [0.05, 0.1) is 5.54 Å². The summed E-state index contributed by atoms with van der Waals surface area (Å²) >= 11 is 1.90. The summed E-state index contributed by atoms with van der Waals surface area (Å²) in [6.45, 7) is 6.29. The molecule has 0 aromatic heterocycles. The maximum atomic E-state index is 12.0. The molecule has 1 aliphatic rings. The molecule has 0 unspecified atom stereocenters. The van der Waals surface area contributed by atoms with Crippen LogP contribution in [0.25, 0.3) is 0 Å². The lowest BCUT2D eigenvalue weighted by atomic mass is 10.0. The van der Waals surface area contributed by atoms with E-state index in [9.17, 15) is 4.79 Å². The molecule has 1 saturated carbocycles. The Hall–Kier alpha value is -1.00. The molecule has 3 N–H and O–H groups in total. The second-order valence-corrected chi connectivity index (χ2v) is 8.25. The van der Waals surface area contributed by atoms with Crippen molar-refractivity contribution < 1.29 is 4.79 Å². The van der Waals surface area contributed by atoms with Gasteiger partial charge in [-0.05, 0) is 45.7 Å². The average molecular weight is 306 g/mol. The lowest BCUT2D eigenvalue weighted by molar-refractivity contribution is -0.125. The molecule has 1 aliphatic carbocycles. The lowest BCUT2D eigenvalue weighted by Gasteiger charge is -2.30. The molecule has 0 aliphatic heterocycles. The summed E-state index contributed by atoms with van der Waals surface area (Å²) < 4.78 is 0.121. The zero-order valence-electron chi connectivity index (χ0n) is 13.2. The van der Waals surface area contributed by atoms with Gasteiger partial charge < -0.3 is 11.1 Å². The predicted molar refractivity (Wildman–Crippen MR) is 89.5 cm³/mol. The molecule has 1 aromatic carbocycles. The molecule has 21 heavy (non-hydrogen) atoms. The normalized spacial score (nSPS) is 17.7. The van der Waals surface area contributed by atoms with Crippen LogP contribution in [0.15, 0.2) is 29.2 Å². The van der Waals surface area contributed by atoms with E-state index in [4.69, 9.17) is 5.73 Å². The molecule has 1 aromatic rings. The number of amides is 1. The zero-order valence-corrected chi connectivity index (χ0v) is 14.1. The van der Waals surface area contributed by atoms with Crippen molar-refractivity contribution in [2.24, 2.45) is 5.73 Å². The maximum absolute atomic E-state index is 12.0. The number of hydrogen-bond acceptors (Lipinski definition) is 3. The summed E-state index contributed by atoms with van der Waals surface area (Å²) in [5.74, 6) is -0.0710. The molecule has 1 amide bonds. The van der Waals surface area contributed by atoms with Crippen LogP contribution >= 0.6 is 11.8 Å².